The smallest absolute Gasteiger partial charge is 0.351 e. The third kappa shape index (κ3) is 8.77. The van der Waals surface area contributed by atoms with Crippen LogP contribution in [-0.4, -0.2) is 22.0 Å². The average Bonchev–Trinajstić information content (AvgIpc) is 2.65. The van der Waals surface area contributed by atoms with Crippen molar-refractivity contribution in [2.75, 3.05) is 0 Å². The summed E-state index contributed by atoms with van der Waals surface area (Å²) < 4.78 is 5.16. The van der Waals surface area contributed by atoms with Gasteiger partial charge in [-0.3, -0.25) is 4.79 Å². The predicted molar refractivity (Wildman–Crippen MR) is 112 cm³/mol. The number of allylic oxidation sites excluding steroid dienone is 5. The summed E-state index contributed by atoms with van der Waals surface area (Å²) >= 11 is 0. The molecule has 158 valence electrons. The second kappa shape index (κ2) is 12.5. The first kappa shape index (κ1) is 24.1. The number of aliphatic carboxylic acids is 1. The van der Waals surface area contributed by atoms with Crippen LogP contribution >= 0.6 is 0 Å². The van der Waals surface area contributed by atoms with Crippen LogP contribution in [0.5, 0.6) is 5.75 Å². The number of rotatable bonds is 12. The maximum atomic E-state index is 12.6. The Kier molecular flexibility index (Phi) is 10.4. The fourth-order valence-corrected chi connectivity index (χ4v) is 2.72. The number of aromatic hydroxyl groups is 1. The van der Waals surface area contributed by atoms with Crippen LogP contribution in [-0.2, 0) is 11.2 Å². The molecule has 0 spiro atoms. The van der Waals surface area contributed by atoms with Crippen molar-refractivity contribution in [3.63, 3.8) is 0 Å². The summed E-state index contributed by atoms with van der Waals surface area (Å²) in [5.41, 5.74) is 0.246. The molecule has 1 aromatic heterocycles. The van der Waals surface area contributed by atoms with Crippen LogP contribution in [0, 0.1) is 0 Å². The van der Waals surface area contributed by atoms with Crippen LogP contribution in [0.25, 0.3) is 0 Å². The fourth-order valence-electron chi connectivity index (χ4n) is 2.72. The van der Waals surface area contributed by atoms with Crippen molar-refractivity contribution in [2.24, 2.45) is 0 Å². The fraction of sp³-hybridized carbons (Fsp3) is 0.435. The molecule has 0 saturated carbocycles. The van der Waals surface area contributed by atoms with Crippen molar-refractivity contribution in [2.45, 2.75) is 65.7 Å². The Hall–Kier alpha value is -2.89. The second-order valence-corrected chi connectivity index (χ2v) is 7.04. The van der Waals surface area contributed by atoms with Crippen molar-refractivity contribution >= 4 is 11.8 Å². The molecule has 0 aliphatic rings. The Morgan fingerprint density at radius 1 is 1.14 bits per heavy atom. The van der Waals surface area contributed by atoms with E-state index < -0.39 is 23.1 Å². The van der Waals surface area contributed by atoms with Crippen LogP contribution in [0.3, 0.4) is 0 Å². The number of hydrogen-bond donors (Lipinski definition) is 2. The van der Waals surface area contributed by atoms with Gasteiger partial charge in [0, 0.05) is 18.6 Å². The van der Waals surface area contributed by atoms with E-state index in [2.05, 4.69) is 6.92 Å². The Morgan fingerprint density at radius 2 is 1.86 bits per heavy atom. The third-order valence-electron chi connectivity index (χ3n) is 4.41. The largest absolute Gasteiger partial charge is 0.507 e. The minimum Gasteiger partial charge on any atom is -0.507 e. The van der Waals surface area contributed by atoms with Gasteiger partial charge in [-0.2, -0.15) is 0 Å². The SMILES string of the molecule is CCCCCC(C)=CC=C(C)C(=O)c1c(O)cc(CCCC=CC(=O)O)oc1=O. The lowest BCUT2D eigenvalue weighted by Gasteiger charge is -2.05. The average molecular weight is 402 g/mol. The van der Waals surface area contributed by atoms with Crippen LogP contribution in [0.4, 0.5) is 0 Å². The lowest BCUT2D eigenvalue weighted by atomic mass is 10.0. The van der Waals surface area contributed by atoms with Crippen LogP contribution in [0.2, 0.25) is 0 Å². The van der Waals surface area contributed by atoms with E-state index >= 15 is 0 Å². The Labute approximate surface area is 171 Å². The van der Waals surface area contributed by atoms with Gasteiger partial charge >= 0.3 is 11.6 Å². The first-order valence-corrected chi connectivity index (χ1v) is 9.90. The van der Waals surface area contributed by atoms with Crippen molar-refractivity contribution in [3.05, 3.63) is 63.3 Å². The Bertz CT molecular complexity index is 855. The molecule has 2 N–H and O–H groups in total. The highest BCUT2D eigenvalue weighted by Crippen LogP contribution is 2.20. The molecule has 0 aliphatic carbocycles. The molecular weight excluding hydrogens is 372 g/mol. The molecule has 0 aliphatic heterocycles. The van der Waals surface area contributed by atoms with Gasteiger partial charge in [-0.15, -0.1) is 0 Å². The van der Waals surface area contributed by atoms with Gasteiger partial charge in [0.05, 0.1) is 0 Å². The maximum Gasteiger partial charge on any atom is 0.351 e. The molecule has 0 saturated heterocycles. The van der Waals surface area contributed by atoms with E-state index in [-0.39, 0.29) is 11.3 Å². The van der Waals surface area contributed by atoms with Crippen molar-refractivity contribution in [3.8, 4) is 5.75 Å². The number of carbonyl (C=O) groups is 2. The minimum atomic E-state index is -1.02. The molecule has 0 aromatic carbocycles. The molecule has 0 fully saturated rings. The topological polar surface area (TPSA) is 105 Å². The van der Waals surface area contributed by atoms with Crippen molar-refractivity contribution < 1.29 is 24.2 Å². The van der Waals surface area contributed by atoms with Crippen molar-refractivity contribution in [1.29, 1.82) is 0 Å². The van der Waals surface area contributed by atoms with Gasteiger partial charge in [0.15, 0.2) is 5.78 Å². The van der Waals surface area contributed by atoms with Crippen LogP contribution < -0.4 is 5.63 Å². The number of Topliss-reactive ketones (excluding diaryl/α,β-unsaturated/α-hetero) is 1. The third-order valence-corrected chi connectivity index (χ3v) is 4.41. The molecule has 1 heterocycles. The predicted octanol–water partition coefficient (Wildman–Crippen LogP) is 4.96. The van der Waals surface area contributed by atoms with Gasteiger partial charge in [0.25, 0.3) is 0 Å². The molecule has 0 amide bonds. The van der Waals surface area contributed by atoms with Gasteiger partial charge in [-0.1, -0.05) is 43.6 Å². The van der Waals surface area contributed by atoms with Crippen molar-refractivity contribution in [1.82, 2.24) is 0 Å². The van der Waals surface area contributed by atoms with Gasteiger partial charge in [0.2, 0.25) is 0 Å². The zero-order valence-electron chi connectivity index (χ0n) is 17.4. The summed E-state index contributed by atoms with van der Waals surface area (Å²) in [7, 11) is 0. The van der Waals surface area contributed by atoms with Gasteiger partial charge in [-0.05, 0) is 45.1 Å². The molecule has 0 unspecified atom stereocenters. The summed E-state index contributed by atoms with van der Waals surface area (Å²) in [5.74, 6) is -1.74. The Morgan fingerprint density at radius 3 is 2.48 bits per heavy atom. The lowest BCUT2D eigenvalue weighted by molar-refractivity contribution is -0.131. The van der Waals surface area contributed by atoms with E-state index in [9.17, 15) is 19.5 Å². The highest BCUT2D eigenvalue weighted by atomic mass is 16.4. The monoisotopic (exact) mass is 402 g/mol. The van der Waals surface area contributed by atoms with Gasteiger partial charge < -0.3 is 14.6 Å². The Balaban J connectivity index is 2.83. The molecular formula is C23H30O6. The van der Waals surface area contributed by atoms with Crippen LogP contribution in [0.1, 0.15) is 75.4 Å². The summed E-state index contributed by atoms with van der Waals surface area (Å²) in [6.07, 6.45) is 11.8. The highest BCUT2D eigenvalue weighted by molar-refractivity contribution is 6.09. The van der Waals surface area contributed by atoms with E-state index in [1.54, 1.807) is 13.0 Å². The molecule has 1 rings (SSSR count). The zero-order chi connectivity index (χ0) is 21.8. The van der Waals surface area contributed by atoms with E-state index in [4.69, 9.17) is 9.52 Å². The second-order valence-electron chi connectivity index (χ2n) is 7.04. The van der Waals surface area contributed by atoms with Crippen LogP contribution in [0.15, 0.2) is 50.7 Å². The molecule has 0 radical (unpaired) electrons. The number of ketones is 1. The normalized spacial score (nSPS) is 12.5. The maximum absolute atomic E-state index is 12.6. The van der Waals surface area contributed by atoms with E-state index in [1.165, 1.54) is 12.1 Å². The molecule has 1 aromatic rings. The highest BCUT2D eigenvalue weighted by Gasteiger charge is 2.20. The lowest BCUT2D eigenvalue weighted by Crippen LogP contribution is -2.16. The summed E-state index contributed by atoms with van der Waals surface area (Å²) in [6, 6.07) is 1.27. The van der Waals surface area contributed by atoms with E-state index in [1.807, 2.05) is 13.0 Å². The summed E-state index contributed by atoms with van der Waals surface area (Å²) in [4.78, 5) is 35.2. The number of hydrogen-bond acceptors (Lipinski definition) is 5. The summed E-state index contributed by atoms with van der Waals surface area (Å²) in [5, 5.41) is 18.7. The minimum absolute atomic E-state index is 0.251. The van der Waals surface area contributed by atoms with E-state index in [0.717, 1.165) is 37.3 Å². The van der Waals surface area contributed by atoms with E-state index in [0.29, 0.717) is 24.8 Å². The number of carboxylic acid groups (broad SMARTS) is 1. The number of unbranched alkanes of at least 4 members (excludes halogenated alkanes) is 3. The molecule has 6 nitrogen and oxygen atoms in total. The van der Waals surface area contributed by atoms with Gasteiger partial charge in [-0.25, -0.2) is 9.59 Å². The quantitative estimate of drug-likeness (QED) is 0.221. The number of carbonyl (C=O) groups excluding carboxylic acids is 1. The molecule has 29 heavy (non-hydrogen) atoms. The first-order chi connectivity index (χ1) is 13.8. The summed E-state index contributed by atoms with van der Waals surface area (Å²) in [6.45, 7) is 5.73. The molecule has 0 atom stereocenters. The number of carboxylic acids is 1. The standard InChI is InChI=1S/C23H30O6/c1-4-5-7-10-16(2)13-14-17(3)22(27)21-19(24)15-18(29-23(21)28)11-8-6-9-12-20(25)26/h9,12-15,24H,4-8,10-11H2,1-3H3,(H,25,26). The molecule has 6 heteroatoms. The zero-order valence-corrected chi connectivity index (χ0v) is 17.4. The molecule has 0 bridgehead atoms. The van der Waals surface area contributed by atoms with Gasteiger partial charge in [0.1, 0.15) is 17.1 Å². The first-order valence-electron chi connectivity index (χ1n) is 9.90. The number of aryl methyl sites for hydroxylation is 1.